The molecule has 1 atom stereocenters. The van der Waals surface area contributed by atoms with Gasteiger partial charge in [-0.1, -0.05) is 12.1 Å². The van der Waals surface area contributed by atoms with Crippen molar-refractivity contribution in [3.05, 3.63) is 63.9 Å². The molecule has 26 heavy (non-hydrogen) atoms. The van der Waals surface area contributed by atoms with E-state index in [9.17, 15) is 9.18 Å². The summed E-state index contributed by atoms with van der Waals surface area (Å²) in [5.74, 6) is -0.442. The van der Waals surface area contributed by atoms with E-state index in [-0.39, 0.29) is 11.7 Å². The van der Waals surface area contributed by atoms with Gasteiger partial charge < -0.3 is 5.32 Å². The van der Waals surface area contributed by atoms with Crippen LogP contribution >= 0.6 is 15.9 Å². The van der Waals surface area contributed by atoms with Crippen LogP contribution in [-0.4, -0.2) is 25.5 Å². The van der Waals surface area contributed by atoms with Gasteiger partial charge in [0.1, 0.15) is 11.9 Å². The van der Waals surface area contributed by atoms with Crippen LogP contribution in [0.25, 0.3) is 0 Å². The molecule has 8 heteroatoms. The molecular formula is C18H19BrFN5O. The minimum Gasteiger partial charge on any atom is -0.321 e. The zero-order chi connectivity index (χ0) is 18.8. The molecule has 0 radical (unpaired) electrons. The van der Waals surface area contributed by atoms with Gasteiger partial charge in [-0.15, -0.1) is 0 Å². The molecule has 0 fully saturated rings. The summed E-state index contributed by atoms with van der Waals surface area (Å²) in [6.45, 7) is 6.03. The number of aryl methyl sites for hydroxylation is 1. The Labute approximate surface area is 159 Å². The maximum atomic E-state index is 13.1. The predicted molar refractivity (Wildman–Crippen MR) is 100 cm³/mol. The van der Waals surface area contributed by atoms with Gasteiger partial charge in [-0.3, -0.25) is 14.2 Å². The minimum absolute atomic E-state index is 0.173. The summed E-state index contributed by atoms with van der Waals surface area (Å²) in [4.78, 5) is 12.6. The lowest BCUT2D eigenvalue weighted by Crippen LogP contribution is -2.24. The van der Waals surface area contributed by atoms with Crippen molar-refractivity contribution in [3.63, 3.8) is 0 Å². The Morgan fingerprint density at radius 1 is 1.31 bits per heavy atom. The van der Waals surface area contributed by atoms with Gasteiger partial charge in [-0.2, -0.15) is 10.2 Å². The van der Waals surface area contributed by atoms with Crippen molar-refractivity contribution in [2.24, 2.45) is 0 Å². The average molecular weight is 420 g/mol. The molecule has 2 aromatic heterocycles. The van der Waals surface area contributed by atoms with Gasteiger partial charge in [0.2, 0.25) is 5.91 Å². The summed E-state index contributed by atoms with van der Waals surface area (Å²) in [5, 5.41) is 11.6. The number of amides is 1. The lowest BCUT2D eigenvalue weighted by Gasteiger charge is -2.13. The normalized spacial score (nSPS) is 12.2. The molecule has 0 spiro atoms. The molecular weight excluding hydrogens is 401 g/mol. The van der Waals surface area contributed by atoms with Crippen molar-refractivity contribution < 1.29 is 9.18 Å². The van der Waals surface area contributed by atoms with Crippen LogP contribution in [0.3, 0.4) is 0 Å². The molecule has 0 bridgehead atoms. The Kier molecular flexibility index (Phi) is 5.22. The van der Waals surface area contributed by atoms with Gasteiger partial charge in [0.15, 0.2) is 0 Å². The molecule has 0 aliphatic heterocycles. The highest BCUT2D eigenvalue weighted by Crippen LogP contribution is 2.22. The van der Waals surface area contributed by atoms with E-state index >= 15 is 0 Å². The van der Waals surface area contributed by atoms with Gasteiger partial charge in [-0.25, -0.2) is 4.39 Å². The van der Waals surface area contributed by atoms with E-state index in [2.05, 4.69) is 31.4 Å². The van der Waals surface area contributed by atoms with E-state index in [0.29, 0.717) is 12.2 Å². The highest BCUT2D eigenvalue weighted by molar-refractivity contribution is 9.10. The maximum Gasteiger partial charge on any atom is 0.249 e. The highest BCUT2D eigenvalue weighted by Gasteiger charge is 2.20. The Hall–Kier alpha value is -2.48. The molecule has 0 aliphatic carbocycles. The third kappa shape index (κ3) is 3.85. The minimum atomic E-state index is -0.458. The Morgan fingerprint density at radius 2 is 2.00 bits per heavy atom. The number of carbonyl (C=O) groups is 1. The maximum absolute atomic E-state index is 13.1. The van der Waals surface area contributed by atoms with Crippen molar-refractivity contribution in [1.29, 1.82) is 0 Å². The van der Waals surface area contributed by atoms with Gasteiger partial charge in [0.05, 0.1) is 34.3 Å². The number of hydrogen-bond acceptors (Lipinski definition) is 3. The largest absolute Gasteiger partial charge is 0.321 e. The lowest BCUT2D eigenvalue weighted by atomic mass is 10.2. The van der Waals surface area contributed by atoms with Crippen molar-refractivity contribution in [2.45, 2.75) is 33.4 Å². The Morgan fingerprint density at radius 3 is 2.62 bits per heavy atom. The predicted octanol–water partition coefficient (Wildman–Crippen LogP) is 3.85. The second-order valence-electron chi connectivity index (χ2n) is 6.13. The molecule has 2 heterocycles. The summed E-state index contributed by atoms with van der Waals surface area (Å²) >= 11 is 3.33. The van der Waals surface area contributed by atoms with Crippen LogP contribution in [0, 0.1) is 19.7 Å². The first-order valence-electron chi connectivity index (χ1n) is 8.14. The topological polar surface area (TPSA) is 64.7 Å². The van der Waals surface area contributed by atoms with Gasteiger partial charge in [0.25, 0.3) is 0 Å². The first-order chi connectivity index (χ1) is 12.3. The number of anilines is 1. The zero-order valence-electron chi connectivity index (χ0n) is 14.7. The SMILES string of the molecule is Cc1nn(Cc2ccc(F)cc2)c(C)c1NC(=O)C(C)n1cc(Br)cn1. The van der Waals surface area contributed by atoms with Crippen LogP contribution in [-0.2, 0) is 11.3 Å². The first-order valence-corrected chi connectivity index (χ1v) is 8.93. The fourth-order valence-electron chi connectivity index (χ4n) is 2.67. The van der Waals surface area contributed by atoms with Crippen molar-refractivity contribution in [3.8, 4) is 0 Å². The quantitative estimate of drug-likeness (QED) is 0.682. The standard InChI is InChI=1S/C18H19BrFN5O/c1-11-17(22-18(26)13(3)24-10-15(19)8-21-24)12(2)25(23-11)9-14-4-6-16(20)7-5-14/h4-8,10,13H,9H2,1-3H3,(H,22,26). The van der Waals surface area contributed by atoms with Crippen LogP contribution in [0.1, 0.15) is 29.9 Å². The van der Waals surface area contributed by atoms with Crippen LogP contribution in [0.15, 0.2) is 41.1 Å². The number of halogens is 2. The number of nitrogens with one attached hydrogen (secondary N) is 1. The molecule has 0 saturated carbocycles. The van der Waals surface area contributed by atoms with Gasteiger partial charge >= 0.3 is 0 Å². The number of aromatic nitrogens is 4. The van der Waals surface area contributed by atoms with Crippen molar-refractivity contribution in [2.75, 3.05) is 5.32 Å². The molecule has 3 rings (SSSR count). The molecule has 0 aliphatic rings. The summed E-state index contributed by atoms with van der Waals surface area (Å²) in [5.41, 5.74) is 3.20. The third-order valence-electron chi connectivity index (χ3n) is 4.22. The molecule has 136 valence electrons. The molecule has 1 aromatic carbocycles. The monoisotopic (exact) mass is 419 g/mol. The number of benzene rings is 1. The number of nitrogens with zero attached hydrogens (tertiary/aromatic N) is 4. The summed E-state index contributed by atoms with van der Waals surface area (Å²) in [6.07, 6.45) is 3.39. The first kappa shape index (κ1) is 18.3. The third-order valence-corrected chi connectivity index (χ3v) is 4.63. The summed E-state index contributed by atoms with van der Waals surface area (Å²) in [6, 6.07) is 5.84. The van der Waals surface area contributed by atoms with E-state index in [1.54, 1.807) is 40.8 Å². The molecule has 1 unspecified atom stereocenters. The molecule has 1 N–H and O–H groups in total. The summed E-state index contributed by atoms with van der Waals surface area (Å²) in [7, 11) is 0. The molecule has 3 aromatic rings. The second kappa shape index (κ2) is 7.41. The van der Waals surface area contributed by atoms with Crippen LogP contribution in [0.5, 0.6) is 0 Å². The molecule has 0 saturated heterocycles. The van der Waals surface area contributed by atoms with E-state index in [1.807, 2.05) is 13.8 Å². The Balaban J connectivity index is 1.77. The second-order valence-corrected chi connectivity index (χ2v) is 7.05. The van der Waals surface area contributed by atoms with E-state index in [1.165, 1.54) is 12.1 Å². The van der Waals surface area contributed by atoms with Gasteiger partial charge in [0, 0.05) is 6.20 Å². The van der Waals surface area contributed by atoms with E-state index in [4.69, 9.17) is 0 Å². The Bertz CT molecular complexity index is 932. The number of rotatable bonds is 5. The van der Waals surface area contributed by atoms with E-state index in [0.717, 1.165) is 21.4 Å². The van der Waals surface area contributed by atoms with Gasteiger partial charge in [-0.05, 0) is 54.4 Å². The van der Waals surface area contributed by atoms with E-state index < -0.39 is 6.04 Å². The highest BCUT2D eigenvalue weighted by atomic mass is 79.9. The van der Waals surface area contributed by atoms with Crippen LogP contribution in [0.4, 0.5) is 10.1 Å². The van der Waals surface area contributed by atoms with Crippen molar-refractivity contribution >= 4 is 27.5 Å². The summed E-state index contributed by atoms with van der Waals surface area (Å²) < 4.78 is 17.3. The van der Waals surface area contributed by atoms with Crippen molar-refractivity contribution in [1.82, 2.24) is 19.6 Å². The number of carbonyl (C=O) groups excluding carboxylic acids is 1. The molecule has 6 nitrogen and oxygen atoms in total. The average Bonchev–Trinajstić information content (AvgIpc) is 3.15. The zero-order valence-corrected chi connectivity index (χ0v) is 16.3. The van der Waals surface area contributed by atoms with Crippen LogP contribution < -0.4 is 5.32 Å². The van der Waals surface area contributed by atoms with Crippen LogP contribution in [0.2, 0.25) is 0 Å². The fraction of sp³-hybridized carbons (Fsp3) is 0.278. The molecule has 1 amide bonds. The smallest absolute Gasteiger partial charge is 0.249 e. The lowest BCUT2D eigenvalue weighted by molar-refractivity contribution is -0.119. The number of hydrogen-bond donors (Lipinski definition) is 1. The fourth-order valence-corrected chi connectivity index (χ4v) is 2.97.